The second-order valence-corrected chi connectivity index (χ2v) is 6.48. The summed E-state index contributed by atoms with van der Waals surface area (Å²) < 4.78 is 5.95. The molecule has 1 heterocycles. The lowest BCUT2D eigenvalue weighted by Gasteiger charge is -2.45. The SMILES string of the molecule is C=C(c1ccccc1)C1COC2(CCC(O)(CCO)CC2)OO1. The number of benzene rings is 1. The Hall–Kier alpha value is -1.24. The van der Waals surface area contributed by atoms with E-state index < -0.39 is 11.4 Å². The third kappa shape index (κ3) is 3.65. The number of aliphatic hydroxyl groups is 2. The maximum absolute atomic E-state index is 10.3. The third-order valence-electron chi connectivity index (χ3n) is 4.87. The molecule has 1 atom stereocenters. The van der Waals surface area contributed by atoms with Gasteiger partial charge in [-0.3, -0.25) is 0 Å². The topological polar surface area (TPSA) is 68.2 Å². The van der Waals surface area contributed by atoms with Gasteiger partial charge in [0.05, 0.1) is 12.2 Å². The quantitative estimate of drug-likeness (QED) is 0.834. The van der Waals surface area contributed by atoms with E-state index in [9.17, 15) is 5.11 Å². The van der Waals surface area contributed by atoms with Crippen LogP contribution < -0.4 is 0 Å². The van der Waals surface area contributed by atoms with E-state index in [1.807, 2.05) is 30.3 Å². The van der Waals surface area contributed by atoms with Crippen LogP contribution in [0.15, 0.2) is 36.9 Å². The summed E-state index contributed by atoms with van der Waals surface area (Å²) in [6.45, 7) is 4.44. The highest BCUT2D eigenvalue weighted by Crippen LogP contribution is 2.42. The van der Waals surface area contributed by atoms with Crippen molar-refractivity contribution < 1.29 is 24.7 Å². The normalized spacial score (nSPS) is 34.4. The van der Waals surface area contributed by atoms with Crippen molar-refractivity contribution in [3.63, 3.8) is 0 Å². The molecular formula is C18H24O5. The minimum absolute atomic E-state index is 0.0132. The zero-order valence-electron chi connectivity index (χ0n) is 13.2. The van der Waals surface area contributed by atoms with Crippen molar-refractivity contribution in [1.29, 1.82) is 0 Å². The molecule has 1 aliphatic heterocycles. The fourth-order valence-electron chi connectivity index (χ4n) is 3.20. The van der Waals surface area contributed by atoms with Gasteiger partial charge in [-0.05, 0) is 30.4 Å². The Morgan fingerprint density at radius 1 is 1.17 bits per heavy atom. The average molecular weight is 320 g/mol. The Labute approximate surface area is 136 Å². The molecule has 0 amide bonds. The van der Waals surface area contributed by atoms with Gasteiger partial charge in [0.1, 0.15) is 6.10 Å². The van der Waals surface area contributed by atoms with Crippen LogP contribution in [0.2, 0.25) is 0 Å². The van der Waals surface area contributed by atoms with Gasteiger partial charge in [0, 0.05) is 19.4 Å². The molecule has 1 aliphatic carbocycles. The summed E-state index contributed by atoms with van der Waals surface area (Å²) >= 11 is 0. The molecule has 1 saturated carbocycles. The fraction of sp³-hybridized carbons (Fsp3) is 0.556. The minimum Gasteiger partial charge on any atom is -0.396 e. The second kappa shape index (κ2) is 6.71. The Bertz CT molecular complexity index is 524. The molecule has 5 nitrogen and oxygen atoms in total. The predicted molar refractivity (Wildman–Crippen MR) is 85.2 cm³/mol. The van der Waals surface area contributed by atoms with Crippen molar-refractivity contribution in [3.8, 4) is 0 Å². The first-order valence-electron chi connectivity index (χ1n) is 8.12. The van der Waals surface area contributed by atoms with Gasteiger partial charge in [0.25, 0.3) is 0 Å². The Morgan fingerprint density at radius 3 is 2.43 bits per heavy atom. The molecule has 1 unspecified atom stereocenters. The first-order valence-corrected chi connectivity index (χ1v) is 8.12. The highest BCUT2D eigenvalue weighted by Gasteiger charge is 2.47. The molecular weight excluding hydrogens is 296 g/mol. The largest absolute Gasteiger partial charge is 0.396 e. The van der Waals surface area contributed by atoms with E-state index in [1.54, 1.807) is 0 Å². The monoisotopic (exact) mass is 320 g/mol. The minimum atomic E-state index is -0.822. The molecule has 2 N–H and O–H groups in total. The molecule has 0 radical (unpaired) electrons. The van der Waals surface area contributed by atoms with Gasteiger partial charge in [-0.25, -0.2) is 9.78 Å². The first-order chi connectivity index (χ1) is 11.1. The molecule has 2 aliphatic rings. The molecule has 1 aromatic carbocycles. The zero-order chi connectivity index (χ0) is 16.3. The number of ether oxygens (including phenoxy) is 1. The van der Waals surface area contributed by atoms with Gasteiger partial charge >= 0.3 is 0 Å². The molecule has 23 heavy (non-hydrogen) atoms. The Balaban J connectivity index is 1.56. The maximum atomic E-state index is 10.3. The molecule has 0 aromatic heterocycles. The van der Waals surface area contributed by atoms with Gasteiger partial charge in [-0.1, -0.05) is 36.9 Å². The molecule has 0 bridgehead atoms. The lowest BCUT2D eigenvalue weighted by Crippen LogP contribution is -2.51. The smallest absolute Gasteiger partial charge is 0.201 e. The lowest BCUT2D eigenvalue weighted by molar-refractivity contribution is -0.486. The van der Waals surface area contributed by atoms with Crippen LogP contribution in [-0.2, 0) is 14.5 Å². The molecule has 126 valence electrons. The zero-order valence-corrected chi connectivity index (χ0v) is 13.2. The molecule has 5 heteroatoms. The van der Waals surface area contributed by atoms with Crippen LogP contribution in [0.4, 0.5) is 0 Å². The molecule has 1 spiro atoms. The van der Waals surface area contributed by atoms with Gasteiger partial charge in [-0.2, -0.15) is 0 Å². The summed E-state index contributed by atoms with van der Waals surface area (Å²) in [7, 11) is 0. The standard InChI is InChI=1S/C18H24O5/c1-14(15-5-3-2-4-6-15)16-13-21-18(23-22-16)9-7-17(20,8-10-18)11-12-19/h2-6,16,19-20H,1,7-13H2. The van der Waals surface area contributed by atoms with E-state index in [4.69, 9.17) is 19.6 Å². The Kier molecular flexibility index (Phi) is 4.85. The fourth-order valence-corrected chi connectivity index (χ4v) is 3.20. The lowest BCUT2D eigenvalue weighted by atomic mass is 9.79. The van der Waals surface area contributed by atoms with Gasteiger partial charge in [0.15, 0.2) is 0 Å². The van der Waals surface area contributed by atoms with E-state index in [0.717, 1.165) is 11.1 Å². The van der Waals surface area contributed by atoms with Crippen molar-refractivity contribution in [1.82, 2.24) is 0 Å². The van der Waals surface area contributed by atoms with Crippen LogP contribution in [0.1, 0.15) is 37.7 Å². The second-order valence-electron chi connectivity index (χ2n) is 6.48. The summed E-state index contributed by atoms with van der Waals surface area (Å²) in [5.74, 6) is -0.783. The van der Waals surface area contributed by atoms with Crippen LogP contribution in [-0.4, -0.2) is 40.9 Å². The van der Waals surface area contributed by atoms with E-state index in [0.29, 0.717) is 38.7 Å². The maximum Gasteiger partial charge on any atom is 0.201 e. The van der Waals surface area contributed by atoms with Crippen molar-refractivity contribution >= 4 is 5.57 Å². The Morgan fingerprint density at radius 2 is 1.87 bits per heavy atom. The van der Waals surface area contributed by atoms with E-state index in [-0.39, 0.29) is 12.7 Å². The van der Waals surface area contributed by atoms with Gasteiger partial charge < -0.3 is 14.9 Å². The molecule has 1 saturated heterocycles. The van der Waals surface area contributed by atoms with Crippen LogP contribution in [0.25, 0.3) is 5.57 Å². The van der Waals surface area contributed by atoms with Crippen LogP contribution in [0, 0.1) is 0 Å². The first kappa shape index (κ1) is 16.6. The summed E-state index contributed by atoms with van der Waals surface area (Å²) in [4.78, 5) is 11.1. The predicted octanol–water partition coefficient (Wildman–Crippen LogP) is 2.43. The molecule has 1 aromatic rings. The number of hydrogen-bond donors (Lipinski definition) is 2. The molecule has 2 fully saturated rings. The van der Waals surface area contributed by atoms with Crippen LogP contribution >= 0.6 is 0 Å². The van der Waals surface area contributed by atoms with Gasteiger partial charge in [0.2, 0.25) is 5.79 Å². The number of aliphatic hydroxyl groups excluding tert-OH is 1. The van der Waals surface area contributed by atoms with E-state index in [2.05, 4.69) is 6.58 Å². The van der Waals surface area contributed by atoms with Crippen molar-refractivity contribution in [2.75, 3.05) is 13.2 Å². The van der Waals surface area contributed by atoms with Crippen molar-refractivity contribution in [2.24, 2.45) is 0 Å². The van der Waals surface area contributed by atoms with E-state index in [1.165, 1.54) is 0 Å². The number of hydrogen-bond acceptors (Lipinski definition) is 5. The summed E-state index contributed by atoms with van der Waals surface area (Å²) in [5, 5.41) is 19.4. The highest BCUT2D eigenvalue weighted by atomic mass is 17.2. The average Bonchev–Trinajstić information content (AvgIpc) is 2.59. The number of rotatable bonds is 4. The van der Waals surface area contributed by atoms with Crippen LogP contribution in [0.3, 0.4) is 0 Å². The van der Waals surface area contributed by atoms with Gasteiger partial charge in [-0.15, -0.1) is 0 Å². The van der Waals surface area contributed by atoms with Crippen LogP contribution in [0.5, 0.6) is 0 Å². The third-order valence-corrected chi connectivity index (χ3v) is 4.87. The highest BCUT2D eigenvalue weighted by molar-refractivity contribution is 5.66. The summed E-state index contributed by atoms with van der Waals surface area (Å²) in [6.07, 6.45) is 2.21. The van der Waals surface area contributed by atoms with E-state index >= 15 is 0 Å². The molecule has 3 rings (SSSR count). The van der Waals surface area contributed by atoms with Crippen molar-refractivity contribution in [3.05, 3.63) is 42.5 Å². The summed E-state index contributed by atoms with van der Waals surface area (Å²) in [6, 6.07) is 9.82. The summed E-state index contributed by atoms with van der Waals surface area (Å²) in [5.41, 5.74) is 1.01. The van der Waals surface area contributed by atoms with Crippen molar-refractivity contribution in [2.45, 2.75) is 49.6 Å².